The summed E-state index contributed by atoms with van der Waals surface area (Å²) in [4.78, 5) is 0. The maximum Gasteiger partial charge on any atom is 2.00 e. The summed E-state index contributed by atoms with van der Waals surface area (Å²) >= 11 is 0. The largest absolute Gasteiger partial charge is 2.00 e. The van der Waals surface area contributed by atoms with Crippen molar-refractivity contribution in [1.29, 1.82) is 0 Å². The number of aryl methyl sites for hydroxylation is 1. The van der Waals surface area contributed by atoms with Gasteiger partial charge in [0, 0.05) is 0 Å². The van der Waals surface area contributed by atoms with Gasteiger partial charge in [-0.2, -0.15) is 0 Å². The van der Waals surface area contributed by atoms with Gasteiger partial charge in [-0.05, 0) is 42.2 Å². The van der Waals surface area contributed by atoms with Crippen LogP contribution < -0.4 is 15.9 Å². The van der Waals surface area contributed by atoms with E-state index in [1.165, 1.54) is 27.0 Å². The first-order valence-electron chi connectivity index (χ1n) is 10.2. The van der Waals surface area contributed by atoms with Crippen molar-refractivity contribution in [1.82, 2.24) is 0 Å². The third-order valence-electron chi connectivity index (χ3n) is 4.79. The van der Waals surface area contributed by atoms with Crippen molar-refractivity contribution in [3.8, 4) is 0 Å². The van der Waals surface area contributed by atoms with Crippen LogP contribution in [0.3, 0.4) is 0 Å². The fourth-order valence-electron chi connectivity index (χ4n) is 3.13. The predicted octanol–water partition coefficient (Wildman–Crippen LogP) is 6.56. The van der Waals surface area contributed by atoms with Crippen molar-refractivity contribution in [3.63, 3.8) is 0 Å². The van der Waals surface area contributed by atoms with E-state index < -0.39 is 7.92 Å². The van der Waals surface area contributed by atoms with Crippen molar-refractivity contribution in [3.05, 3.63) is 126 Å². The van der Waals surface area contributed by atoms with Crippen molar-refractivity contribution in [2.24, 2.45) is 0 Å². The number of hydrogen-bond donors (Lipinski definition) is 0. The van der Waals surface area contributed by atoms with Crippen molar-refractivity contribution in [2.45, 2.75) is 26.7 Å². The quantitative estimate of drug-likeness (QED) is 0.221. The van der Waals surface area contributed by atoms with E-state index in [4.69, 9.17) is 0 Å². The fraction of sp³-hybridized carbons (Fsp3) is 0.143. The molecule has 0 unspecified atom stereocenters. The van der Waals surface area contributed by atoms with E-state index in [-0.39, 0.29) is 19.5 Å². The maximum atomic E-state index is 2.23. The molecule has 0 N–H and O–H groups in total. The van der Waals surface area contributed by atoms with E-state index in [0.29, 0.717) is 5.92 Å². The molecule has 4 aromatic carbocycles. The molecular weight excluding hydrogens is 468 g/mol. The minimum atomic E-state index is -0.446. The molecule has 0 bridgehead atoms. The van der Waals surface area contributed by atoms with Crippen LogP contribution in [-0.2, 0) is 19.5 Å². The molecule has 0 atom stereocenters. The van der Waals surface area contributed by atoms with Gasteiger partial charge in [0.15, 0.2) is 0 Å². The SMILES string of the molecule is Cc1ccc(C(C)C)cc1.[Ru+2].c1ccc(P(c2ccccc2)c2ccccc2)cc1. The molecule has 0 aliphatic rings. The molecule has 0 amide bonds. The van der Waals surface area contributed by atoms with Crippen LogP contribution in [0, 0.1) is 6.92 Å². The zero-order chi connectivity index (χ0) is 20.5. The molecule has 0 aliphatic heterocycles. The number of rotatable bonds is 4. The van der Waals surface area contributed by atoms with E-state index >= 15 is 0 Å². The Morgan fingerprint density at radius 2 is 0.833 bits per heavy atom. The third-order valence-corrected chi connectivity index (χ3v) is 7.23. The Hall–Kier alpha value is -2.07. The van der Waals surface area contributed by atoms with Gasteiger partial charge >= 0.3 is 19.5 Å². The zero-order valence-electron chi connectivity index (χ0n) is 17.8. The van der Waals surface area contributed by atoms with Gasteiger partial charge in [-0.3, -0.25) is 0 Å². The monoisotopic (exact) mass is 498 g/mol. The Morgan fingerprint density at radius 1 is 0.500 bits per heavy atom. The van der Waals surface area contributed by atoms with Crippen LogP contribution in [0.2, 0.25) is 0 Å². The summed E-state index contributed by atoms with van der Waals surface area (Å²) in [5.74, 6) is 0.653. The molecule has 0 heterocycles. The molecule has 0 aromatic heterocycles. The summed E-state index contributed by atoms with van der Waals surface area (Å²) < 4.78 is 0. The molecule has 0 spiro atoms. The van der Waals surface area contributed by atoms with E-state index in [2.05, 4.69) is 136 Å². The van der Waals surface area contributed by atoms with Crippen LogP contribution in [-0.4, -0.2) is 0 Å². The summed E-state index contributed by atoms with van der Waals surface area (Å²) in [5, 5.41) is 4.19. The molecule has 0 radical (unpaired) electrons. The van der Waals surface area contributed by atoms with Crippen LogP contribution in [0.5, 0.6) is 0 Å². The second-order valence-electron chi connectivity index (χ2n) is 7.41. The van der Waals surface area contributed by atoms with Crippen LogP contribution in [0.1, 0.15) is 30.9 Å². The zero-order valence-corrected chi connectivity index (χ0v) is 20.5. The van der Waals surface area contributed by atoms with Crippen LogP contribution in [0.4, 0.5) is 0 Å². The van der Waals surface area contributed by atoms with Gasteiger partial charge in [0.2, 0.25) is 0 Å². The summed E-state index contributed by atoms with van der Waals surface area (Å²) in [5.41, 5.74) is 2.76. The summed E-state index contributed by atoms with van der Waals surface area (Å²) in [7, 11) is -0.446. The Labute approximate surface area is 195 Å². The Morgan fingerprint density at radius 3 is 1.13 bits per heavy atom. The standard InChI is InChI=1S/C18H15P.C10H14.Ru/c1-4-10-16(11-5-1)19(17-12-6-2-7-13-17)18-14-8-3-9-15-18;1-8(2)10-6-4-9(3)5-7-10;/h1-15H;4-8H,1-3H3;/q;;+2. The topological polar surface area (TPSA) is 0 Å². The average Bonchev–Trinajstić information content (AvgIpc) is 2.77. The van der Waals surface area contributed by atoms with E-state index in [9.17, 15) is 0 Å². The van der Waals surface area contributed by atoms with Crippen molar-refractivity contribution >= 4 is 23.8 Å². The smallest absolute Gasteiger partial charge is 0.0622 e. The molecule has 0 saturated carbocycles. The molecule has 2 heteroatoms. The van der Waals surface area contributed by atoms with Gasteiger partial charge in [0.05, 0.1) is 0 Å². The average molecular weight is 498 g/mol. The molecule has 30 heavy (non-hydrogen) atoms. The van der Waals surface area contributed by atoms with Gasteiger partial charge in [-0.1, -0.05) is 135 Å². The van der Waals surface area contributed by atoms with E-state index in [1.54, 1.807) is 0 Å². The van der Waals surface area contributed by atoms with E-state index in [0.717, 1.165) is 0 Å². The Bertz CT molecular complexity index is 871. The summed E-state index contributed by atoms with van der Waals surface area (Å²) in [6.07, 6.45) is 0. The number of hydrogen-bond acceptors (Lipinski definition) is 0. The van der Waals surface area contributed by atoms with Crippen molar-refractivity contribution in [2.75, 3.05) is 0 Å². The predicted molar refractivity (Wildman–Crippen MR) is 130 cm³/mol. The summed E-state index contributed by atoms with van der Waals surface area (Å²) in [6.45, 7) is 6.54. The van der Waals surface area contributed by atoms with Crippen LogP contribution in [0.25, 0.3) is 0 Å². The fourth-order valence-corrected chi connectivity index (χ4v) is 5.44. The van der Waals surface area contributed by atoms with Crippen LogP contribution in [0.15, 0.2) is 115 Å². The molecule has 0 saturated heterocycles. The maximum absolute atomic E-state index is 2.23. The summed E-state index contributed by atoms with van der Waals surface area (Å²) in [6, 6.07) is 41.0. The second-order valence-corrected chi connectivity index (χ2v) is 9.63. The molecular formula is C28H29PRu+2. The minimum Gasteiger partial charge on any atom is -0.0622 e. The molecule has 152 valence electrons. The van der Waals surface area contributed by atoms with Gasteiger partial charge in [0.1, 0.15) is 0 Å². The number of benzene rings is 4. The Balaban J connectivity index is 0.000000249. The van der Waals surface area contributed by atoms with E-state index in [1.807, 2.05) is 0 Å². The van der Waals surface area contributed by atoms with Gasteiger partial charge in [0.25, 0.3) is 0 Å². The van der Waals surface area contributed by atoms with Gasteiger partial charge in [-0.25, -0.2) is 0 Å². The molecule has 4 aromatic rings. The van der Waals surface area contributed by atoms with Crippen molar-refractivity contribution < 1.29 is 19.5 Å². The first-order chi connectivity index (χ1) is 14.1. The van der Waals surface area contributed by atoms with Gasteiger partial charge in [-0.15, -0.1) is 0 Å². The molecule has 0 fully saturated rings. The second kappa shape index (κ2) is 12.6. The molecule has 0 aliphatic carbocycles. The molecule has 0 nitrogen and oxygen atoms in total. The molecule has 4 rings (SSSR count). The van der Waals surface area contributed by atoms with Crippen LogP contribution >= 0.6 is 7.92 Å². The Kier molecular flexibility index (Phi) is 10.2. The minimum absolute atomic E-state index is 0. The van der Waals surface area contributed by atoms with Gasteiger partial charge < -0.3 is 0 Å². The third kappa shape index (κ3) is 7.02. The first kappa shape index (κ1) is 24.2. The normalized spacial score (nSPS) is 10.2. The first-order valence-corrected chi connectivity index (χ1v) is 11.5.